The molecule has 0 spiro atoms. The van der Waals surface area contributed by atoms with Crippen molar-refractivity contribution < 1.29 is 13.9 Å². The summed E-state index contributed by atoms with van der Waals surface area (Å²) in [4.78, 5) is 4.39. The molecule has 1 aliphatic rings. The summed E-state index contributed by atoms with van der Waals surface area (Å²) < 4.78 is 24.6. The average Bonchev–Trinajstić information content (AvgIpc) is 2.69. The Hall–Kier alpha value is -3.08. The summed E-state index contributed by atoms with van der Waals surface area (Å²) in [6, 6.07) is 18.3. The minimum atomic E-state index is -0.228. The minimum Gasteiger partial charge on any atom is -0.491 e. The summed E-state index contributed by atoms with van der Waals surface area (Å²) >= 11 is 0. The first kappa shape index (κ1) is 16.4. The van der Waals surface area contributed by atoms with Gasteiger partial charge in [0.1, 0.15) is 24.8 Å². The van der Waals surface area contributed by atoms with E-state index in [2.05, 4.69) is 10.3 Å². The Bertz CT molecular complexity index is 869. The zero-order valence-electron chi connectivity index (χ0n) is 14.2. The number of hydrogen-bond acceptors (Lipinski definition) is 4. The number of benzene rings is 2. The lowest BCUT2D eigenvalue weighted by molar-refractivity contribution is 0.215. The predicted molar refractivity (Wildman–Crippen MR) is 98.3 cm³/mol. The second-order valence-corrected chi connectivity index (χ2v) is 6.28. The van der Waals surface area contributed by atoms with Crippen LogP contribution in [0.4, 0.5) is 10.1 Å². The van der Waals surface area contributed by atoms with Gasteiger partial charge in [-0.15, -0.1) is 0 Å². The molecule has 4 nitrogen and oxygen atoms in total. The van der Waals surface area contributed by atoms with E-state index in [-0.39, 0.29) is 11.9 Å². The van der Waals surface area contributed by atoms with Crippen LogP contribution >= 0.6 is 0 Å². The van der Waals surface area contributed by atoms with Gasteiger partial charge in [-0.1, -0.05) is 30.3 Å². The summed E-state index contributed by atoms with van der Waals surface area (Å²) in [7, 11) is 0. The number of nitrogens with zero attached hydrogens (tertiary/aromatic N) is 1. The normalized spacial score (nSPS) is 15.5. The van der Waals surface area contributed by atoms with Gasteiger partial charge in [-0.2, -0.15) is 0 Å². The van der Waals surface area contributed by atoms with Crippen molar-refractivity contribution in [3.63, 3.8) is 0 Å². The van der Waals surface area contributed by atoms with Crippen LogP contribution in [0.15, 0.2) is 66.9 Å². The van der Waals surface area contributed by atoms with Gasteiger partial charge in [-0.05, 0) is 47.9 Å². The van der Waals surface area contributed by atoms with Crippen LogP contribution in [0.3, 0.4) is 0 Å². The average molecular weight is 350 g/mol. The van der Waals surface area contributed by atoms with Crippen LogP contribution in [0.2, 0.25) is 0 Å². The van der Waals surface area contributed by atoms with Crippen molar-refractivity contribution in [2.24, 2.45) is 0 Å². The quantitative estimate of drug-likeness (QED) is 0.753. The van der Waals surface area contributed by atoms with E-state index in [1.54, 1.807) is 18.3 Å². The van der Waals surface area contributed by atoms with E-state index in [9.17, 15) is 4.39 Å². The van der Waals surface area contributed by atoms with E-state index in [0.29, 0.717) is 25.5 Å². The van der Waals surface area contributed by atoms with Crippen LogP contribution in [-0.2, 0) is 6.42 Å². The van der Waals surface area contributed by atoms with E-state index in [1.165, 1.54) is 12.1 Å². The molecule has 26 heavy (non-hydrogen) atoms. The van der Waals surface area contributed by atoms with E-state index in [4.69, 9.17) is 9.47 Å². The van der Waals surface area contributed by atoms with E-state index in [0.717, 1.165) is 22.6 Å². The summed E-state index contributed by atoms with van der Waals surface area (Å²) in [5.41, 5.74) is 2.93. The van der Waals surface area contributed by atoms with Crippen molar-refractivity contribution >= 4 is 5.69 Å². The molecule has 1 N–H and O–H groups in total. The molecule has 0 saturated carbocycles. The van der Waals surface area contributed by atoms with Crippen molar-refractivity contribution in [1.82, 2.24) is 4.98 Å². The van der Waals surface area contributed by atoms with Gasteiger partial charge in [0.25, 0.3) is 0 Å². The molecule has 3 aromatic rings. The number of ether oxygens (including phenoxy) is 2. The van der Waals surface area contributed by atoms with Crippen molar-refractivity contribution in [3.8, 4) is 11.6 Å². The molecule has 2 heterocycles. The van der Waals surface area contributed by atoms with Crippen molar-refractivity contribution in [1.29, 1.82) is 0 Å². The Balaban J connectivity index is 1.41. The van der Waals surface area contributed by atoms with Crippen molar-refractivity contribution in [2.75, 3.05) is 18.5 Å². The highest BCUT2D eigenvalue weighted by Gasteiger charge is 2.21. The fraction of sp³-hybridized carbons (Fsp3) is 0.190. The Kier molecular flexibility index (Phi) is 4.69. The van der Waals surface area contributed by atoms with Gasteiger partial charge < -0.3 is 14.8 Å². The van der Waals surface area contributed by atoms with E-state index < -0.39 is 0 Å². The summed E-state index contributed by atoms with van der Waals surface area (Å²) in [6.45, 7) is 1.01. The summed E-state index contributed by atoms with van der Waals surface area (Å²) in [5.74, 6) is 1.21. The fourth-order valence-corrected chi connectivity index (χ4v) is 2.89. The molecule has 2 aromatic carbocycles. The van der Waals surface area contributed by atoms with Crippen molar-refractivity contribution in [3.05, 3.63) is 83.8 Å². The first-order valence-corrected chi connectivity index (χ1v) is 8.57. The number of para-hydroxylation sites is 1. The standard InChI is InChI=1S/C21H19FN2O2/c22-17-8-6-15(7-9-17)10-16-11-20-21(23-12-16)26-14-18(24-20)13-25-19-4-2-1-3-5-19/h1-9,11-12,18,24H,10,13-14H2. The maximum absolute atomic E-state index is 13.0. The smallest absolute Gasteiger partial charge is 0.237 e. The van der Waals surface area contributed by atoms with Crippen LogP contribution in [-0.4, -0.2) is 24.2 Å². The molecule has 0 fully saturated rings. The number of rotatable bonds is 5. The number of pyridine rings is 1. The molecular formula is C21H19FN2O2. The zero-order chi connectivity index (χ0) is 17.8. The third-order valence-corrected chi connectivity index (χ3v) is 4.20. The molecule has 1 aromatic heterocycles. The Morgan fingerprint density at radius 1 is 1.08 bits per heavy atom. The highest BCUT2D eigenvalue weighted by atomic mass is 19.1. The predicted octanol–water partition coefficient (Wildman–Crippen LogP) is 4.06. The number of halogens is 1. The molecule has 0 amide bonds. The SMILES string of the molecule is Fc1ccc(Cc2cnc3c(c2)NC(COc2ccccc2)CO3)cc1. The number of anilines is 1. The molecular weight excluding hydrogens is 331 g/mol. The van der Waals surface area contributed by atoms with Gasteiger partial charge in [0.05, 0.1) is 11.7 Å². The number of hydrogen-bond donors (Lipinski definition) is 1. The maximum atomic E-state index is 13.0. The fourth-order valence-electron chi connectivity index (χ4n) is 2.89. The minimum absolute atomic E-state index is 0.0468. The molecule has 132 valence electrons. The molecule has 0 aliphatic carbocycles. The van der Waals surface area contributed by atoms with Crippen LogP contribution < -0.4 is 14.8 Å². The number of fused-ring (bicyclic) bond motifs is 1. The first-order valence-electron chi connectivity index (χ1n) is 8.57. The van der Waals surface area contributed by atoms with Gasteiger partial charge >= 0.3 is 0 Å². The molecule has 5 heteroatoms. The molecule has 1 atom stereocenters. The summed E-state index contributed by atoms with van der Waals surface area (Å²) in [5, 5.41) is 3.43. The van der Waals surface area contributed by atoms with Crippen LogP contribution in [0.5, 0.6) is 11.6 Å². The molecule has 0 bridgehead atoms. The third kappa shape index (κ3) is 3.94. The van der Waals surface area contributed by atoms with Crippen molar-refractivity contribution in [2.45, 2.75) is 12.5 Å². The van der Waals surface area contributed by atoms with E-state index in [1.807, 2.05) is 36.4 Å². The Morgan fingerprint density at radius 3 is 2.69 bits per heavy atom. The second kappa shape index (κ2) is 7.44. The zero-order valence-corrected chi connectivity index (χ0v) is 14.2. The van der Waals surface area contributed by atoms with Gasteiger partial charge in [-0.3, -0.25) is 0 Å². The van der Waals surface area contributed by atoms with Crippen LogP contribution in [0.1, 0.15) is 11.1 Å². The lowest BCUT2D eigenvalue weighted by atomic mass is 10.1. The topological polar surface area (TPSA) is 43.4 Å². The monoisotopic (exact) mass is 350 g/mol. The van der Waals surface area contributed by atoms with Gasteiger partial charge in [0.15, 0.2) is 0 Å². The highest BCUT2D eigenvalue weighted by Crippen LogP contribution is 2.28. The molecule has 0 saturated heterocycles. The van der Waals surface area contributed by atoms with E-state index >= 15 is 0 Å². The number of aromatic nitrogens is 1. The Labute approximate surface area is 151 Å². The maximum Gasteiger partial charge on any atom is 0.237 e. The molecule has 0 radical (unpaired) electrons. The lowest BCUT2D eigenvalue weighted by Gasteiger charge is -2.27. The molecule has 1 aliphatic heterocycles. The van der Waals surface area contributed by atoms with Gasteiger partial charge in [0.2, 0.25) is 5.88 Å². The number of nitrogens with one attached hydrogen (secondary N) is 1. The van der Waals surface area contributed by atoms with Crippen LogP contribution in [0.25, 0.3) is 0 Å². The highest BCUT2D eigenvalue weighted by molar-refractivity contribution is 5.56. The van der Waals surface area contributed by atoms with Gasteiger partial charge in [-0.25, -0.2) is 9.37 Å². The van der Waals surface area contributed by atoms with Crippen LogP contribution in [0, 0.1) is 5.82 Å². The third-order valence-electron chi connectivity index (χ3n) is 4.20. The Morgan fingerprint density at radius 2 is 1.88 bits per heavy atom. The van der Waals surface area contributed by atoms with Gasteiger partial charge in [0, 0.05) is 6.20 Å². The molecule has 1 unspecified atom stereocenters. The first-order chi connectivity index (χ1) is 12.8. The molecule has 4 rings (SSSR count). The lowest BCUT2D eigenvalue weighted by Crippen LogP contribution is -2.36. The summed E-state index contributed by atoms with van der Waals surface area (Å²) in [6.07, 6.45) is 2.48. The largest absolute Gasteiger partial charge is 0.491 e. The second-order valence-electron chi connectivity index (χ2n) is 6.28.